The molecule has 2 aromatic carbocycles. The lowest BCUT2D eigenvalue weighted by molar-refractivity contribution is -0.129. The second-order valence-electron chi connectivity index (χ2n) is 8.97. The number of benzene rings is 2. The summed E-state index contributed by atoms with van der Waals surface area (Å²) in [7, 11) is 0. The van der Waals surface area contributed by atoms with E-state index in [-0.39, 0.29) is 34.3 Å². The molecule has 204 valence electrons. The van der Waals surface area contributed by atoms with Gasteiger partial charge in [-0.1, -0.05) is 12.6 Å². The zero-order chi connectivity index (χ0) is 28.4. The van der Waals surface area contributed by atoms with Crippen molar-refractivity contribution in [1.29, 1.82) is 0 Å². The zero-order valence-corrected chi connectivity index (χ0v) is 21.4. The van der Waals surface area contributed by atoms with Crippen LogP contribution in [0.5, 0.6) is 0 Å². The van der Waals surface area contributed by atoms with Crippen LogP contribution in [0, 0.1) is 11.6 Å². The first-order valence-corrected chi connectivity index (χ1v) is 12.3. The van der Waals surface area contributed by atoms with E-state index in [1.165, 1.54) is 36.1 Å². The van der Waals surface area contributed by atoms with Crippen molar-refractivity contribution in [2.75, 3.05) is 41.7 Å². The fraction of sp³-hybridized carbons (Fsp3) is 0.185. The van der Waals surface area contributed by atoms with Crippen LogP contribution in [0.3, 0.4) is 0 Å². The third kappa shape index (κ3) is 5.21. The highest BCUT2D eigenvalue weighted by atomic mass is 19.2. The van der Waals surface area contributed by atoms with E-state index < -0.39 is 23.1 Å². The molecule has 0 unspecified atom stereocenters. The lowest BCUT2D eigenvalue weighted by Gasteiger charge is -2.35. The molecule has 11 nitrogen and oxygen atoms in total. The Morgan fingerprint density at radius 3 is 2.55 bits per heavy atom. The highest BCUT2D eigenvalue weighted by molar-refractivity contribution is 5.99. The van der Waals surface area contributed by atoms with Crippen LogP contribution in [0.1, 0.15) is 6.92 Å². The number of anilines is 4. The fourth-order valence-electron chi connectivity index (χ4n) is 4.38. The van der Waals surface area contributed by atoms with Crippen LogP contribution in [0.2, 0.25) is 0 Å². The molecule has 40 heavy (non-hydrogen) atoms. The lowest BCUT2D eigenvalue weighted by Crippen LogP contribution is -2.48. The minimum atomic E-state index is -1.12. The third-order valence-corrected chi connectivity index (χ3v) is 6.47. The minimum absolute atomic E-state index is 0.0606. The second-order valence-corrected chi connectivity index (χ2v) is 8.97. The number of nitrogens with zero attached hydrogens (tertiary/aromatic N) is 6. The maximum atomic E-state index is 15.1. The van der Waals surface area contributed by atoms with Crippen molar-refractivity contribution in [2.45, 2.75) is 6.92 Å². The van der Waals surface area contributed by atoms with Crippen LogP contribution < -0.4 is 21.1 Å². The van der Waals surface area contributed by atoms with Crippen molar-refractivity contribution in [3.05, 3.63) is 83.6 Å². The largest absolute Gasteiger partial charge is 0.366 e. The first kappa shape index (κ1) is 26.4. The van der Waals surface area contributed by atoms with Gasteiger partial charge in [0.2, 0.25) is 17.8 Å². The average molecular weight is 547 g/mol. The Morgan fingerprint density at radius 1 is 1.05 bits per heavy atom. The number of hydrogen-bond donors (Lipinski definition) is 2. The quantitative estimate of drug-likeness (QED) is 0.354. The molecule has 2 amide bonds. The van der Waals surface area contributed by atoms with Crippen molar-refractivity contribution >= 4 is 45.9 Å². The second kappa shape index (κ2) is 10.9. The van der Waals surface area contributed by atoms with Crippen LogP contribution in [0.15, 0.2) is 66.4 Å². The summed E-state index contributed by atoms with van der Waals surface area (Å²) < 4.78 is 31.7. The molecule has 13 heteroatoms. The highest BCUT2D eigenvalue weighted by Gasteiger charge is 2.24. The maximum absolute atomic E-state index is 15.1. The monoisotopic (exact) mass is 546 g/mol. The van der Waals surface area contributed by atoms with E-state index >= 15 is 8.78 Å². The molecule has 1 aliphatic heterocycles. The lowest BCUT2D eigenvalue weighted by atomic mass is 10.2. The van der Waals surface area contributed by atoms with Crippen molar-refractivity contribution in [3.8, 4) is 5.69 Å². The summed E-state index contributed by atoms with van der Waals surface area (Å²) in [6.07, 6.45) is 3.66. The van der Waals surface area contributed by atoms with Gasteiger partial charge in [0.25, 0.3) is 5.56 Å². The Hall–Kier alpha value is -5.20. The molecule has 1 fully saturated rings. The number of carbonyl (C=O) groups is 2. The van der Waals surface area contributed by atoms with Crippen LogP contribution >= 0.6 is 0 Å². The Bertz CT molecular complexity index is 1700. The number of rotatable bonds is 6. The normalized spacial score (nSPS) is 13.3. The SMILES string of the molecule is C=CC(=O)Nc1cccc(-n2cnc(=O)c3cnc(Nc4ccc(N5CCN(C(C)=O)CC5)c(F)c4F)nc32)c1. The van der Waals surface area contributed by atoms with E-state index in [0.29, 0.717) is 37.6 Å². The Balaban J connectivity index is 1.45. The van der Waals surface area contributed by atoms with Gasteiger partial charge in [-0.05, 0) is 36.4 Å². The fourth-order valence-corrected chi connectivity index (χ4v) is 4.38. The smallest absolute Gasteiger partial charge is 0.283 e. The van der Waals surface area contributed by atoms with E-state index in [1.807, 2.05) is 0 Å². The highest BCUT2D eigenvalue weighted by Crippen LogP contribution is 2.29. The van der Waals surface area contributed by atoms with Crippen LogP contribution in [-0.2, 0) is 9.59 Å². The minimum Gasteiger partial charge on any atom is -0.366 e. The standard InChI is InChI=1S/C27H24F2N8O3/c1-3-22(39)32-17-5-4-6-18(13-17)37-15-31-26(40)19-14-30-27(34-25(19)37)33-20-7-8-21(24(29)23(20)28)36-11-9-35(10-12-36)16(2)38/h3-8,13-15H,1,9-12H2,2H3,(H,32,39)(H,30,33,34). The maximum Gasteiger partial charge on any atom is 0.283 e. The van der Waals surface area contributed by atoms with Crippen molar-refractivity contribution in [2.24, 2.45) is 0 Å². The summed E-state index contributed by atoms with van der Waals surface area (Å²) >= 11 is 0. The molecule has 4 aromatic rings. The van der Waals surface area contributed by atoms with Gasteiger partial charge in [0.15, 0.2) is 17.3 Å². The molecule has 3 heterocycles. The predicted octanol–water partition coefficient (Wildman–Crippen LogP) is 2.99. The molecule has 1 aliphatic rings. The molecule has 0 atom stereocenters. The number of halogens is 2. The Morgan fingerprint density at radius 2 is 1.82 bits per heavy atom. The Kier molecular flexibility index (Phi) is 7.19. The molecule has 0 saturated carbocycles. The first-order valence-electron chi connectivity index (χ1n) is 12.3. The van der Waals surface area contributed by atoms with Crippen LogP contribution in [0.4, 0.5) is 31.8 Å². The molecule has 0 radical (unpaired) electrons. The number of nitrogens with one attached hydrogen (secondary N) is 2. The molecule has 2 aromatic heterocycles. The molecule has 0 spiro atoms. The number of piperazine rings is 1. The number of hydrogen-bond acceptors (Lipinski definition) is 8. The van der Waals surface area contributed by atoms with E-state index in [2.05, 4.69) is 32.2 Å². The summed E-state index contributed by atoms with van der Waals surface area (Å²) in [4.78, 5) is 51.4. The molecule has 0 bridgehead atoms. The van der Waals surface area contributed by atoms with Crippen molar-refractivity contribution < 1.29 is 18.4 Å². The third-order valence-electron chi connectivity index (χ3n) is 6.47. The first-order chi connectivity index (χ1) is 19.2. The average Bonchev–Trinajstić information content (AvgIpc) is 2.96. The molecule has 2 N–H and O–H groups in total. The van der Waals surface area contributed by atoms with E-state index in [9.17, 15) is 14.4 Å². The summed E-state index contributed by atoms with van der Waals surface area (Å²) in [5.41, 5.74) is 0.484. The van der Waals surface area contributed by atoms with Gasteiger partial charge < -0.3 is 20.4 Å². The summed E-state index contributed by atoms with van der Waals surface area (Å²) in [6.45, 7) is 6.49. The topological polar surface area (TPSA) is 125 Å². The number of amides is 2. The molecule has 5 rings (SSSR count). The van der Waals surface area contributed by atoms with Crippen LogP contribution in [-0.4, -0.2) is 62.4 Å². The zero-order valence-electron chi connectivity index (χ0n) is 21.4. The van der Waals surface area contributed by atoms with Gasteiger partial charge in [-0.3, -0.25) is 19.0 Å². The summed E-state index contributed by atoms with van der Waals surface area (Å²) in [6, 6.07) is 9.56. The molecular formula is C27H24F2N8O3. The van der Waals surface area contributed by atoms with Gasteiger partial charge >= 0.3 is 0 Å². The number of aromatic nitrogens is 4. The van der Waals surface area contributed by atoms with Gasteiger partial charge in [-0.2, -0.15) is 9.97 Å². The van der Waals surface area contributed by atoms with Gasteiger partial charge in [0.05, 0.1) is 17.1 Å². The van der Waals surface area contributed by atoms with E-state index in [4.69, 9.17) is 0 Å². The molecule has 1 saturated heterocycles. The van der Waals surface area contributed by atoms with Crippen LogP contribution in [0.25, 0.3) is 16.7 Å². The molecular weight excluding hydrogens is 522 g/mol. The number of fused-ring (bicyclic) bond motifs is 1. The number of carbonyl (C=O) groups excluding carboxylic acids is 2. The molecule has 0 aliphatic carbocycles. The van der Waals surface area contributed by atoms with Gasteiger partial charge in [-0.25, -0.2) is 13.8 Å². The van der Waals surface area contributed by atoms with Gasteiger partial charge in [0.1, 0.15) is 11.7 Å². The van der Waals surface area contributed by atoms with Gasteiger partial charge in [0, 0.05) is 45.0 Å². The predicted molar refractivity (Wildman–Crippen MR) is 146 cm³/mol. The van der Waals surface area contributed by atoms with Gasteiger partial charge in [-0.15, -0.1) is 0 Å². The van der Waals surface area contributed by atoms with Crippen molar-refractivity contribution in [1.82, 2.24) is 24.4 Å². The Labute approximate surface area is 226 Å². The van der Waals surface area contributed by atoms with Crippen molar-refractivity contribution in [3.63, 3.8) is 0 Å². The summed E-state index contributed by atoms with van der Waals surface area (Å²) in [5.74, 6) is -2.69. The van der Waals surface area contributed by atoms with E-state index in [1.54, 1.807) is 34.1 Å². The summed E-state index contributed by atoms with van der Waals surface area (Å²) in [5, 5.41) is 5.44. The van der Waals surface area contributed by atoms with E-state index in [0.717, 1.165) is 6.08 Å².